The molecule has 0 atom stereocenters. The van der Waals surface area contributed by atoms with Crippen molar-refractivity contribution < 1.29 is 9.32 Å². The third-order valence-corrected chi connectivity index (χ3v) is 4.89. The molecule has 6 nitrogen and oxygen atoms in total. The molecule has 132 valence electrons. The molecule has 0 aliphatic heterocycles. The van der Waals surface area contributed by atoms with Gasteiger partial charge >= 0.3 is 0 Å². The molecule has 0 saturated heterocycles. The molecule has 7 heteroatoms. The van der Waals surface area contributed by atoms with Gasteiger partial charge in [0.1, 0.15) is 0 Å². The van der Waals surface area contributed by atoms with Gasteiger partial charge in [0.2, 0.25) is 0 Å². The fourth-order valence-electron chi connectivity index (χ4n) is 2.73. The van der Waals surface area contributed by atoms with Crippen LogP contribution in [0.3, 0.4) is 0 Å². The van der Waals surface area contributed by atoms with E-state index in [1.807, 2.05) is 26.8 Å². The SMILES string of the molecule is CCC(N)(CC)CNC(=O)c1cc(C2CC2)nc2onc(C)c12.Cl. The van der Waals surface area contributed by atoms with Crippen LogP contribution < -0.4 is 11.1 Å². The molecule has 0 bridgehead atoms. The second-order valence-electron chi connectivity index (χ2n) is 6.57. The lowest BCUT2D eigenvalue weighted by molar-refractivity contribution is 0.0943. The first kappa shape index (κ1) is 18.7. The summed E-state index contributed by atoms with van der Waals surface area (Å²) in [5, 5.41) is 7.63. The van der Waals surface area contributed by atoms with Gasteiger partial charge in [-0.15, -0.1) is 12.4 Å². The van der Waals surface area contributed by atoms with Gasteiger partial charge in [0.25, 0.3) is 11.6 Å². The summed E-state index contributed by atoms with van der Waals surface area (Å²) in [7, 11) is 0. The molecule has 0 spiro atoms. The van der Waals surface area contributed by atoms with Crippen LogP contribution in [0.5, 0.6) is 0 Å². The van der Waals surface area contributed by atoms with Crippen LogP contribution in [0.1, 0.15) is 67.2 Å². The number of rotatable bonds is 6. The van der Waals surface area contributed by atoms with Gasteiger partial charge in [-0.05, 0) is 38.7 Å². The third-order valence-electron chi connectivity index (χ3n) is 4.89. The molecule has 3 rings (SSSR count). The second-order valence-corrected chi connectivity index (χ2v) is 6.57. The van der Waals surface area contributed by atoms with Gasteiger partial charge in [0.05, 0.1) is 16.6 Å². The number of aryl methyl sites for hydroxylation is 1. The predicted molar refractivity (Wildman–Crippen MR) is 95.6 cm³/mol. The molecule has 0 radical (unpaired) electrons. The Bertz CT molecular complexity index is 736. The summed E-state index contributed by atoms with van der Waals surface area (Å²) in [5.74, 6) is 0.304. The Kier molecular flexibility index (Phi) is 5.50. The first-order chi connectivity index (χ1) is 11.0. The van der Waals surface area contributed by atoms with Crippen molar-refractivity contribution in [2.45, 2.75) is 57.9 Å². The predicted octanol–water partition coefficient (Wildman–Crippen LogP) is 3.08. The summed E-state index contributed by atoms with van der Waals surface area (Å²) in [6, 6.07) is 1.88. The zero-order valence-corrected chi connectivity index (χ0v) is 15.2. The lowest BCUT2D eigenvalue weighted by atomic mass is 9.94. The maximum absolute atomic E-state index is 12.7. The maximum atomic E-state index is 12.7. The van der Waals surface area contributed by atoms with Crippen molar-refractivity contribution in [2.75, 3.05) is 6.54 Å². The Morgan fingerprint density at radius 1 is 1.42 bits per heavy atom. The van der Waals surface area contributed by atoms with Crippen LogP contribution in [0.25, 0.3) is 11.1 Å². The number of fused-ring (bicyclic) bond motifs is 1. The zero-order valence-electron chi connectivity index (χ0n) is 14.4. The number of pyridine rings is 1. The average Bonchev–Trinajstić information content (AvgIpc) is 3.35. The second kappa shape index (κ2) is 7.07. The lowest BCUT2D eigenvalue weighted by Gasteiger charge is -2.26. The van der Waals surface area contributed by atoms with Crippen LogP contribution in [0, 0.1) is 6.92 Å². The fourth-order valence-corrected chi connectivity index (χ4v) is 2.73. The van der Waals surface area contributed by atoms with Gasteiger partial charge in [-0.2, -0.15) is 0 Å². The molecule has 1 amide bonds. The molecule has 24 heavy (non-hydrogen) atoms. The minimum absolute atomic E-state index is 0. The number of aromatic nitrogens is 2. The summed E-state index contributed by atoms with van der Waals surface area (Å²) in [6.07, 6.45) is 3.86. The maximum Gasteiger partial charge on any atom is 0.259 e. The van der Waals surface area contributed by atoms with E-state index in [-0.39, 0.29) is 23.9 Å². The van der Waals surface area contributed by atoms with E-state index in [0.29, 0.717) is 34.8 Å². The summed E-state index contributed by atoms with van der Waals surface area (Å²) in [6.45, 7) is 6.35. The molecule has 1 fully saturated rings. The van der Waals surface area contributed by atoms with Crippen molar-refractivity contribution in [3.63, 3.8) is 0 Å². The van der Waals surface area contributed by atoms with E-state index < -0.39 is 0 Å². The molecule has 2 aromatic heterocycles. The lowest BCUT2D eigenvalue weighted by Crippen LogP contribution is -2.49. The van der Waals surface area contributed by atoms with E-state index in [1.54, 1.807) is 0 Å². The largest absolute Gasteiger partial charge is 0.350 e. The highest BCUT2D eigenvalue weighted by molar-refractivity contribution is 6.06. The van der Waals surface area contributed by atoms with Crippen LogP contribution in [0.4, 0.5) is 0 Å². The normalized spacial score (nSPS) is 14.5. The number of nitrogens with one attached hydrogen (secondary N) is 1. The third kappa shape index (κ3) is 3.54. The molecule has 1 saturated carbocycles. The van der Waals surface area contributed by atoms with Gasteiger partial charge < -0.3 is 15.6 Å². The minimum Gasteiger partial charge on any atom is -0.350 e. The number of nitrogens with two attached hydrogens (primary N) is 1. The van der Waals surface area contributed by atoms with Crippen molar-refractivity contribution >= 4 is 29.4 Å². The van der Waals surface area contributed by atoms with Crippen molar-refractivity contribution in [3.8, 4) is 0 Å². The number of amides is 1. The number of halogens is 1. The van der Waals surface area contributed by atoms with Crippen LogP contribution >= 0.6 is 12.4 Å². The smallest absolute Gasteiger partial charge is 0.259 e. The Labute approximate surface area is 148 Å². The summed E-state index contributed by atoms with van der Waals surface area (Å²) in [5.41, 5.74) is 8.55. The van der Waals surface area contributed by atoms with E-state index in [1.165, 1.54) is 0 Å². The molecular weight excluding hydrogens is 328 g/mol. The Hall–Kier alpha value is -1.66. The van der Waals surface area contributed by atoms with Crippen molar-refractivity contribution in [1.29, 1.82) is 0 Å². The van der Waals surface area contributed by atoms with Crippen molar-refractivity contribution in [1.82, 2.24) is 15.5 Å². The highest BCUT2D eigenvalue weighted by Gasteiger charge is 2.29. The van der Waals surface area contributed by atoms with E-state index >= 15 is 0 Å². The van der Waals surface area contributed by atoms with E-state index in [9.17, 15) is 4.79 Å². The van der Waals surface area contributed by atoms with E-state index in [4.69, 9.17) is 10.3 Å². The summed E-state index contributed by atoms with van der Waals surface area (Å²) < 4.78 is 5.28. The molecule has 1 aliphatic rings. The molecule has 0 unspecified atom stereocenters. The average molecular weight is 353 g/mol. The van der Waals surface area contributed by atoms with E-state index in [0.717, 1.165) is 31.4 Å². The van der Waals surface area contributed by atoms with Gasteiger partial charge in [0.15, 0.2) is 0 Å². The zero-order chi connectivity index (χ0) is 16.6. The molecular formula is C17H25ClN4O2. The van der Waals surface area contributed by atoms with Crippen LogP contribution in [0.2, 0.25) is 0 Å². The van der Waals surface area contributed by atoms with Crippen LogP contribution in [-0.2, 0) is 0 Å². The van der Waals surface area contributed by atoms with Crippen molar-refractivity contribution in [2.24, 2.45) is 5.73 Å². The number of nitrogens with zero attached hydrogens (tertiary/aromatic N) is 2. The topological polar surface area (TPSA) is 94.0 Å². The summed E-state index contributed by atoms with van der Waals surface area (Å²) in [4.78, 5) is 17.2. The number of hydrogen-bond donors (Lipinski definition) is 2. The molecule has 1 aliphatic carbocycles. The standard InChI is InChI=1S/C17H24N4O2.ClH/c1-4-17(18,5-2)9-19-15(22)12-8-13(11-6-7-11)20-16-14(12)10(3)21-23-16;/h8,11H,4-7,9,18H2,1-3H3,(H,19,22);1H. The summed E-state index contributed by atoms with van der Waals surface area (Å²) >= 11 is 0. The van der Waals surface area contributed by atoms with Gasteiger partial charge in [-0.3, -0.25) is 4.79 Å². The molecule has 2 heterocycles. The van der Waals surface area contributed by atoms with Crippen molar-refractivity contribution in [3.05, 3.63) is 23.0 Å². The van der Waals surface area contributed by atoms with Crippen LogP contribution in [-0.4, -0.2) is 28.1 Å². The number of carbonyl (C=O) groups excluding carboxylic acids is 1. The fraction of sp³-hybridized carbons (Fsp3) is 0.588. The quantitative estimate of drug-likeness (QED) is 0.833. The first-order valence-corrected chi connectivity index (χ1v) is 8.31. The molecule has 0 aromatic carbocycles. The minimum atomic E-state index is -0.370. The Balaban J connectivity index is 0.00000208. The first-order valence-electron chi connectivity index (χ1n) is 8.31. The van der Waals surface area contributed by atoms with Gasteiger partial charge in [0, 0.05) is 23.7 Å². The van der Waals surface area contributed by atoms with Crippen LogP contribution in [0.15, 0.2) is 10.6 Å². The number of carbonyl (C=O) groups is 1. The Morgan fingerprint density at radius 2 is 2.08 bits per heavy atom. The monoisotopic (exact) mass is 352 g/mol. The van der Waals surface area contributed by atoms with Gasteiger partial charge in [-0.1, -0.05) is 19.0 Å². The van der Waals surface area contributed by atoms with Gasteiger partial charge in [-0.25, -0.2) is 4.98 Å². The van der Waals surface area contributed by atoms with E-state index in [2.05, 4.69) is 15.5 Å². The highest BCUT2D eigenvalue weighted by Crippen LogP contribution is 2.40. The number of hydrogen-bond acceptors (Lipinski definition) is 5. The highest BCUT2D eigenvalue weighted by atomic mass is 35.5. The Morgan fingerprint density at radius 3 is 2.67 bits per heavy atom. The molecule has 2 aromatic rings. The molecule has 3 N–H and O–H groups in total.